The van der Waals surface area contributed by atoms with Gasteiger partial charge in [-0.2, -0.15) is 0 Å². The molecule has 0 saturated carbocycles. The fourth-order valence-corrected chi connectivity index (χ4v) is 3.25. The maximum absolute atomic E-state index is 12.3. The van der Waals surface area contributed by atoms with Gasteiger partial charge in [0.05, 0.1) is 12.6 Å². The number of carbonyl (C=O) groups excluding carboxylic acids is 1. The third kappa shape index (κ3) is 3.98. The molecule has 2 aromatic rings. The molecule has 1 atom stereocenters. The van der Waals surface area contributed by atoms with Crippen LogP contribution >= 0.6 is 12.2 Å². The summed E-state index contributed by atoms with van der Waals surface area (Å²) in [5, 5.41) is 2.43. The van der Waals surface area contributed by atoms with Crippen molar-refractivity contribution in [2.75, 3.05) is 6.61 Å². The second-order valence-corrected chi connectivity index (χ2v) is 7.48. The molecule has 1 aliphatic heterocycles. The standard InChI is InChI=1S/C18H21NO3S/c1-18(2,3)22-17(20)19-16(12-21-23-19)11-13-8-9-14-6-4-5-7-15(14)10-13/h4-10,16H,11-12H2,1-3H3. The van der Waals surface area contributed by atoms with Crippen molar-refractivity contribution in [2.45, 2.75) is 38.8 Å². The average molecular weight is 331 g/mol. The van der Waals surface area contributed by atoms with Gasteiger partial charge in [0.25, 0.3) is 0 Å². The van der Waals surface area contributed by atoms with E-state index >= 15 is 0 Å². The molecule has 0 aliphatic carbocycles. The van der Waals surface area contributed by atoms with Crippen LogP contribution in [0.5, 0.6) is 0 Å². The lowest BCUT2D eigenvalue weighted by Crippen LogP contribution is -2.38. The Bertz CT molecular complexity index is 711. The Balaban J connectivity index is 1.73. The van der Waals surface area contributed by atoms with Gasteiger partial charge >= 0.3 is 6.09 Å². The van der Waals surface area contributed by atoms with E-state index in [9.17, 15) is 4.79 Å². The molecule has 0 N–H and O–H groups in total. The number of ether oxygens (including phenoxy) is 1. The normalized spacial score (nSPS) is 18.4. The highest BCUT2D eigenvalue weighted by molar-refractivity contribution is 7.93. The summed E-state index contributed by atoms with van der Waals surface area (Å²) in [5.41, 5.74) is 0.682. The molecule has 1 aliphatic rings. The number of fused-ring (bicyclic) bond motifs is 1. The lowest BCUT2D eigenvalue weighted by atomic mass is 10.0. The lowest BCUT2D eigenvalue weighted by Gasteiger charge is -2.25. The van der Waals surface area contributed by atoms with E-state index in [-0.39, 0.29) is 12.1 Å². The summed E-state index contributed by atoms with van der Waals surface area (Å²) in [7, 11) is 0. The molecule has 1 saturated heterocycles. The second kappa shape index (κ2) is 6.42. The molecule has 0 radical (unpaired) electrons. The maximum atomic E-state index is 12.3. The highest BCUT2D eigenvalue weighted by Crippen LogP contribution is 2.30. The van der Waals surface area contributed by atoms with E-state index in [2.05, 4.69) is 30.3 Å². The Kier molecular flexibility index (Phi) is 4.50. The van der Waals surface area contributed by atoms with Crippen LogP contribution in [0.15, 0.2) is 42.5 Å². The van der Waals surface area contributed by atoms with Crippen LogP contribution in [0.1, 0.15) is 26.3 Å². The minimum absolute atomic E-state index is 0.0176. The van der Waals surface area contributed by atoms with Crippen molar-refractivity contribution in [1.82, 2.24) is 4.31 Å². The number of hydrogen-bond acceptors (Lipinski definition) is 4. The van der Waals surface area contributed by atoms with Crippen LogP contribution in [0, 0.1) is 0 Å². The van der Waals surface area contributed by atoms with Gasteiger partial charge in [-0.1, -0.05) is 42.5 Å². The molecule has 3 rings (SSSR count). The molecular formula is C18H21NO3S. The van der Waals surface area contributed by atoms with Gasteiger partial charge in [-0.3, -0.25) is 4.18 Å². The molecular weight excluding hydrogens is 310 g/mol. The minimum Gasteiger partial charge on any atom is -0.443 e. The minimum atomic E-state index is -0.506. The SMILES string of the molecule is CC(C)(C)OC(=O)N1SOCC1Cc1ccc2ccccc2c1. The van der Waals surface area contributed by atoms with Crippen LogP contribution in [0.3, 0.4) is 0 Å². The van der Waals surface area contributed by atoms with E-state index in [1.54, 1.807) is 4.31 Å². The third-order valence-corrected chi connectivity index (χ3v) is 4.43. The first-order valence-electron chi connectivity index (χ1n) is 7.72. The van der Waals surface area contributed by atoms with Gasteiger partial charge in [0, 0.05) is 0 Å². The van der Waals surface area contributed by atoms with Gasteiger partial charge in [0.2, 0.25) is 0 Å². The van der Waals surface area contributed by atoms with E-state index in [4.69, 9.17) is 8.92 Å². The van der Waals surface area contributed by atoms with Crippen molar-refractivity contribution in [3.05, 3.63) is 48.0 Å². The quantitative estimate of drug-likeness (QED) is 0.596. The summed E-state index contributed by atoms with van der Waals surface area (Å²) in [5.74, 6) is 0. The zero-order chi connectivity index (χ0) is 16.4. The van der Waals surface area contributed by atoms with Crippen LogP contribution in [0.25, 0.3) is 10.8 Å². The van der Waals surface area contributed by atoms with Gasteiger partial charge in [0.15, 0.2) is 0 Å². The summed E-state index contributed by atoms with van der Waals surface area (Å²) in [4.78, 5) is 12.3. The molecule has 4 nitrogen and oxygen atoms in total. The highest BCUT2D eigenvalue weighted by Gasteiger charge is 2.34. The summed E-state index contributed by atoms with van der Waals surface area (Å²) < 4.78 is 12.5. The zero-order valence-electron chi connectivity index (χ0n) is 13.6. The molecule has 1 heterocycles. The van der Waals surface area contributed by atoms with E-state index < -0.39 is 5.60 Å². The van der Waals surface area contributed by atoms with Crippen LogP contribution < -0.4 is 0 Å². The van der Waals surface area contributed by atoms with Gasteiger partial charge in [0.1, 0.15) is 17.8 Å². The molecule has 1 unspecified atom stereocenters. The number of nitrogens with zero attached hydrogens (tertiary/aromatic N) is 1. The van der Waals surface area contributed by atoms with Gasteiger partial charge in [-0.15, -0.1) is 0 Å². The smallest absolute Gasteiger partial charge is 0.422 e. The van der Waals surface area contributed by atoms with Crippen LogP contribution in [0.4, 0.5) is 4.79 Å². The number of hydrogen-bond donors (Lipinski definition) is 0. The molecule has 0 aromatic heterocycles. The Morgan fingerprint density at radius 1 is 1.26 bits per heavy atom. The number of rotatable bonds is 2. The fourth-order valence-electron chi connectivity index (χ4n) is 2.56. The Labute approximate surface area is 141 Å². The summed E-state index contributed by atoms with van der Waals surface area (Å²) in [6.45, 7) is 6.11. The number of benzene rings is 2. The first kappa shape index (κ1) is 16.1. The molecule has 23 heavy (non-hydrogen) atoms. The molecule has 0 bridgehead atoms. The summed E-state index contributed by atoms with van der Waals surface area (Å²) in [6.07, 6.45) is 0.405. The first-order chi connectivity index (χ1) is 10.9. The van der Waals surface area contributed by atoms with Crippen LogP contribution in [-0.4, -0.2) is 28.6 Å². The molecule has 2 aromatic carbocycles. The number of amides is 1. The summed E-state index contributed by atoms with van der Waals surface area (Å²) in [6, 6.07) is 14.7. The zero-order valence-corrected chi connectivity index (χ0v) is 14.4. The largest absolute Gasteiger partial charge is 0.443 e. The van der Waals surface area contributed by atoms with Crippen molar-refractivity contribution >= 4 is 29.1 Å². The molecule has 1 amide bonds. The summed E-state index contributed by atoms with van der Waals surface area (Å²) >= 11 is 1.08. The molecule has 1 fully saturated rings. The lowest BCUT2D eigenvalue weighted by molar-refractivity contribution is 0.0368. The van der Waals surface area contributed by atoms with Gasteiger partial charge in [-0.05, 0) is 43.5 Å². The van der Waals surface area contributed by atoms with E-state index in [0.717, 1.165) is 18.6 Å². The van der Waals surface area contributed by atoms with Gasteiger partial charge < -0.3 is 4.74 Å². The fraction of sp³-hybridized carbons (Fsp3) is 0.389. The Hall–Kier alpha value is -1.72. The monoisotopic (exact) mass is 331 g/mol. The Morgan fingerprint density at radius 3 is 2.74 bits per heavy atom. The Morgan fingerprint density at radius 2 is 2.00 bits per heavy atom. The van der Waals surface area contributed by atoms with Crippen molar-refractivity contribution in [3.63, 3.8) is 0 Å². The first-order valence-corrected chi connectivity index (χ1v) is 8.42. The average Bonchev–Trinajstić information content (AvgIpc) is 2.93. The predicted octanol–water partition coefficient (Wildman–Crippen LogP) is 4.58. The van der Waals surface area contributed by atoms with Crippen molar-refractivity contribution < 1.29 is 13.7 Å². The van der Waals surface area contributed by atoms with E-state index in [1.807, 2.05) is 32.9 Å². The number of carbonyl (C=O) groups is 1. The molecule has 0 spiro atoms. The highest BCUT2D eigenvalue weighted by atomic mass is 32.2. The van der Waals surface area contributed by atoms with E-state index in [1.165, 1.54) is 16.3 Å². The molecule has 122 valence electrons. The van der Waals surface area contributed by atoms with E-state index in [0.29, 0.717) is 6.61 Å². The third-order valence-electron chi connectivity index (χ3n) is 3.58. The van der Waals surface area contributed by atoms with Crippen LogP contribution in [-0.2, 0) is 15.3 Å². The van der Waals surface area contributed by atoms with Crippen LogP contribution in [0.2, 0.25) is 0 Å². The van der Waals surface area contributed by atoms with Crippen molar-refractivity contribution in [2.24, 2.45) is 0 Å². The topological polar surface area (TPSA) is 38.8 Å². The molecule has 5 heteroatoms. The van der Waals surface area contributed by atoms with Gasteiger partial charge in [-0.25, -0.2) is 9.10 Å². The predicted molar refractivity (Wildman–Crippen MR) is 93.1 cm³/mol. The van der Waals surface area contributed by atoms with Crippen molar-refractivity contribution in [3.8, 4) is 0 Å². The van der Waals surface area contributed by atoms with Crippen molar-refractivity contribution in [1.29, 1.82) is 0 Å². The maximum Gasteiger partial charge on any atom is 0.422 e. The second-order valence-electron chi connectivity index (χ2n) is 6.70.